The fraction of sp³-hybridized carbons (Fsp3) is 0.500. The number of amides is 1. The van der Waals surface area contributed by atoms with E-state index in [1.54, 1.807) is 0 Å². The van der Waals surface area contributed by atoms with E-state index in [0.29, 0.717) is 32.5 Å². The molecular formula is C14H19ClFN3O3S. The number of hydrogen-bond donors (Lipinski definition) is 2. The third kappa shape index (κ3) is 4.20. The van der Waals surface area contributed by atoms with E-state index in [4.69, 9.17) is 17.3 Å². The first-order valence-corrected chi connectivity index (χ1v) is 9.11. The van der Waals surface area contributed by atoms with Crippen LogP contribution in [0.1, 0.15) is 12.8 Å². The zero-order chi connectivity index (χ0) is 17.0. The minimum absolute atomic E-state index is 0.0758. The van der Waals surface area contributed by atoms with Gasteiger partial charge in [-0.05, 0) is 31.0 Å². The lowest BCUT2D eigenvalue weighted by molar-refractivity contribution is -0.126. The summed E-state index contributed by atoms with van der Waals surface area (Å²) in [4.78, 5) is 11.9. The molecule has 9 heteroatoms. The normalized spacial score (nSPS) is 19.5. The topological polar surface area (TPSA) is 92.5 Å². The average molecular weight is 364 g/mol. The maximum absolute atomic E-state index is 13.1. The van der Waals surface area contributed by atoms with Gasteiger partial charge in [0.15, 0.2) is 0 Å². The summed E-state index contributed by atoms with van der Waals surface area (Å²) in [5.74, 6) is -1.24. The number of nitrogens with one attached hydrogen (secondary N) is 1. The van der Waals surface area contributed by atoms with Gasteiger partial charge >= 0.3 is 0 Å². The summed E-state index contributed by atoms with van der Waals surface area (Å²) in [5, 5.41) is 2.50. The maximum atomic E-state index is 13.1. The van der Waals surface area contributed by atoms with E-state index in [2.05, 4.69) is 5.32 Å². The Morgan fingerprint density at radius 2 is 2.22 bits per heavy atom. The van der Waals surface area contributed by atoms with E-state index < -0.39 is 21.8 Å². The Morgan fingerprint density at radius 3 is 2.87 bits per heavy atom. The molecule has 1 aromatic rings. The molecule has 1 unspecified atom stereocenters. The molecule has 0 saturated carbocycles. The van der Waals surface area contributed by atoms with Crippen LogP contribution in [0.5, 0.6) is 0 Å². The third-order valence-corrected chi connectivity index (χ3v) is 6.06. The SMILES string of the molecule is NCCNC(=O)C1CCCN(S(=O)(=O)c2ccc(F)cc2Cl)C1. The second kappa shape index (κ2) is 7.57. The molecule has 0 aromatic heterocycles. The first-order chi connectivity index (χ1) is 10.9. The van der Waals surface area contributed by atoms with E-state index in [0.717, 1.165) is 18.2 Å². The first kappa shape index (κ1) is 18.1. The number of hydrogen-bond acceptors (Lipinski definition) is 4. The van der Waals surface area contributed by atoms with Crippen molar-refractivity contribution in [3.8, 4) is 0 Å². The summed E-state index contributed by atoms with van der Waals surface area (Å²) in [7, 11) is -3.87. The van der Waals surface area contributed by atoms with Crippen LogP contribution in [0.25, 0.3) is 0 Å². The molecule has 1 aromatic carbocycles. The summed E-state index contributed by atoms with van der Waals surface area (Å²) in [6.45, 7) is 1.06. The molecule has 2 rings (SSSR count). The predicted molar refractivity (Wildman–Crippen MR) is 85.0 cm³/mol. The second-order valence-electron chi connectivity index (χ2n) is 5.36. The highest BCUT2D eigenvalue weighted by atomic mass is 35.5. The van der Waals surface area contributed by atoms with Gasteiger partial charge in [0.2, 0.25) is 15.9 Å². The fourth-order valence-corrected chi connectivity index (χ4v) is 4.57. The van der Waals surface area contributed by atoms with Crippen molar-refractivity contribution in [2.24, 2.45) is 11.7 Å². The molecule has 23 heavy (non-hydrogen) atoms. The fourth-order valence-electron chi connectivity index (χ4n) is 2.54. The molecule has 0 aliphatic carbocycles. The summed E-state index contributed by atoms with van der Waals surface area (Å²) < 4.78 is 39.7. The van der Waals surface area contributed by atoms with Crippen molar-refractivity contribution in [3.63, 3.8) is 0 Å². The summed E-state index contributed by atoms with van der Waals surface area (Å²) in [6.07, 6.45) is 1.18. The van der Waals surface area contributed by atoms with Gasteiger partial charge in [0.05, 0.1) is 10.9 Å². The molecule has 1 aliphatic heterocycles. The number of nitrogens with zero attached hydrogens (tertiary/aromatic N) is 1. The average Bonchev–Trinajstić information content (AvgIpc) is 2.52. The van der Waals surface area contributed by atoms with E-state index in [9.17, 15) is 17.6 Å². The number of halogens is 2. The highest BCUT2D eigenvalue weighted by Gasteiger charge is 2.34. The van der Waals surface area contributed by atoms with Crippen LogP contribution >= 0.6 is 11.6 Å². The van der Waals surface area contributed by atoms with E-state index >= 15 is 0 Å². The van der Waals surface area contributed by atoms with Gasteiger partial charge < -0.3 is 11.1 Å². The lowest BCUT2D eigenvalue weighted by atomic mass is 9.99. The summed E-state index contributed by atoms with van der Waals surface area (Å²) >= 11 is 5.86. The predicted octanol–water partition coefficient (Wildman–Crippen LogP) is 0.955. The van der Waals surface area contributed by atoms with Crippen molar-refractivity contribution < 1.29 is 17.6 Å². The van der Waals surface area contributed by atoms with Crippen molar-refractivity contribution in [3.05, 3.63) is 29.0 Å². The maximum Gasteiger partial charge on any atom is 0.244 e. The zero-order valence-electron chi connectivity index (χ0n) is 12.5. The van der Waals surface area contributed by atoms with Gasteiger partial charge in [0, 0.05) is 26.2 Å². The highest BCUT2D eigenvalue weighted by Crippen LogP contribution is 2.28. The van der Waals surface area contributed by atoms with Crippen molar-refractivity contribution in [1.82, 2.24) is 9.62 Å². The molecule has 6 nitrogen and oxygen atoms in total. The van der Waals surface area contributed by atoms with Crippen LogP contribution in [0.3, 0.4) is 0 Å². The standard InChI is InChI=1S/C14H19ClFN3O3S/c15-12-8-11(16)3-4-13(12)23(21,22)19-7-1-2-10(9-19)14(20)18-6-5-17/h3-4,8,10H,1-2,5-7,9,17H2,(H,18,20). The first-order valence-electron chi connectivity index (χ1n) is 7.29. The van der Waals surface area contributed by atoms with Gasteiger partial charge in [-0.3, -0.25) is 4.79 Å². The molecule has 1 fully saturated rings. The lowest BCUT2D eigenvalue weighted by Gasteiger charge is -2.31. The zero-order valence-corrected chi connectivity index (χ0v) is 14.0. The Balaban J connectivity index is 2.18. The number of benzene rings is 1. The third-order valence-electron chi connectivity index (χ3n) is 3.71. The Kier molecular flexibility index (Phi) is 5.96. The van der Waals surface area contributed by atoms with Crippen LogP contribution in [-0.4, -0.2) is 44.8 Å². The second-order valence-corrected chi connectivity index (χ2v) is 7.67. The van der Waals surface area contributed by atoms with Gasteiger partial charge in [0.1, 0.15) is 10.7 Å². The number of nitrogens with two attached hydrogens (primary N) is 1. The minimum atomic E-state index is -3.87. The van der Waals surface area contributed by atoms with E-state index in [1.807, 2.05) is 0 Å². The molecule has 128 valence electrons. The monoisotopic (exact) mass is 363 g/mol. The molecule has 1 atom stereocenters. The summed E-state index contributed by atoms with van der Waals surface area (Å²) in [6, 6.07) is 3.16. The molecule has 0 bridgehead atoms. The molecule has 0 spiro atoms. The molecular weight excluding hydrogens is 345 g/mol. The Hall–Kier alpha value is -1.22. The van der Waals surface area contributed by atoms with Crippen LogP contribution in [0.2, 0.25) is 5.02 Å². The van der Waals surface area contributed by atoms with Crippen LogP contribution in [0.15, 0.2) is 23.1 Å². The van der Waals surface area contributed by atoms with Gasteiger partial charge in [-0.15, -0.1) is 0 Å². The Morgan fingerprint density at radius 1 is 1.48 bits per heavy atom. The van der Waals surface area contributed by atoms with Crippen LogP contribution < -0.4 is 11.1 Å². The smallest absolute Gasteiger partial charge is 0.244 e. The molecule has 3 N–H and O–H groups in total. The Labute approximate surface area is 139 Å². The van der Waals surface area contributed by atoms with Crippen molar-refractivity contribution >= 4 is 27.5 Å². The molecule has 1 amide bonds. The lowest BCUT2D eigenvalue weighted by Crippen LogP contribution is -2.46. The minimum Gasteiger partial charge on any atom is -0.355 e. The van der Waals surface area contributed by atoms with Gasteiger partial charge in [-0.25, -0.2) is 12.8 Å². The van der Waals surface area contributed by atoms with Crippen molar-refractivity contribution in [2.75, 3.05) is 26.2 Å². The number of carbonyl (C=O) groups is 1. The number of piperidine rings is 1. The van der Waals surface area contributed by atoms with E-state index in [-0.39, 0.29) is 22.4 Å². The number of rotatable bonds is 5. The van der Waals surface area contributed by atoms with Gasteiger partial charge in [0.25, 0.3) is 0 Å². The molecule has 1 aliphatic rings. The van der Waals surface area contributed by atoms with Crippen molar-refractivity contribution in [1.29, 1.82) is 0 Å². The number of sulfonamides is 1. The van der Waals surface area contributed by atoms with Crippen molar-refractivity contribution in [2.45, 2.75) is 17.7 Å². The molecule has 1 saturated heterocycles. The largest absolute Gasteiger partial charge is 0.355 e. The summed E-state index contributed by atoms with van der Waals surface area (Å²) in [5.41, 5.74) is 5.34. The Bertz CT molecular complexity index is 684. The van der Waals surface area contributed by atoms with E-state index in [1.165, 1.54) is 4.31 Å². The quantitative estimate of drug-likeness (QED) is 0.814. The number of carbonyl (C=O) groups excluding carboxylic acids is 1. The molecule has 0 radical (unpaired) electrons. The molecule has 1 heterocycles. The van der Waals surface area contributed by atoms with Crippen LogP contribution in [0.4, 0.5) is 4.39 Å². The van der Waals surface area contributed by atoms with Crippen LogP contribution in [-0.2, 0) is 14.8 Å². The van der Waals surface area contributed by atoms with Gasteiger partial charge in [-0.1, -0.05) is 11.6 Å². The highest BCUT2D eigenvalue weighted by molar-refractivity contribution is 7.89. The van der Waals surface area contributed by atoms with Gasteiger partial charge in [-0.2, -0.15) is 4.31 Å². The van der Waals surface area contributed by atoms with Crippen LogP contribution in [0, 0.1) is 11.7 Å².